The largest absolute Gasteiger partial charge is 0.489 e. The Balaban J connectivity index is 1.65. The van der Waals surface area contributed by atoms with E-state index in [1.165, 1.54) is 37.3 Å². The average molecular weight is 581 g/mol. The van der Waals surface area contributed by atoms with Crippen LogP contribution in [0.2, 0.25) is 0 Å². The third kappa shape index (κ3) is 6.24. The number of alkyl halides is 4. The van der Waals surface area contributed by atoms with E-state index >= 15 is 0 Å². The molecular weight excluding hydrogens is 555 g/mol. The molecule has 0 saturated carbocycles. The van der Waals surface area contributed by atoms with E-state index in [2.05, 4.69) is 14.5 Å². The fraction of sp³-hybridized carbons (Fsp3) is 0.321. The minimum absolute atomic E-state index is 0.0590. The highest BCUT2D eigenvalue weighted by Gasteiger charge is 2.45. The molecule has 2 atom stereocenters. The zero-order valence-corrected chi connectivity index (χ0v) is 21.8. The first-order chi connectivity index (χ1) is 19.2. The quantitative estimate of drug-likeness (QED) is 0.239. The van der Waals surface area contributed by atoms with Gasteiger partial charge in [-0.2, -0.15) is 17.6 Å². The van der Waals surface area contributed by atoms with Crippen molar-refractivity contribution in [3.05, 3.63) is 71.2 Å². The monoisotopic (exact) mass is 580 g/mol. The lowest BCUT2D eigenvalue weighted by molar-refractivity contribution is -0.123. The number of rotatable bonds is 11. The third-order valence-electron chi connectivity index (χ3n) is 6.82. The molecule has 41 heavy (non-hydrogen) atoms. The summed E-state index contributed by atoms with van der Waals surface area (Å²) in [5.74, 6) is -3.00. The van der Waals surface area contributed by atoms with Gasteiger partial charge in [-0.15, -0.1) is 0 Å². The molecule has 13 heteroatoms. The molecule has 2 aromatic carbocycles. The number of benzene rings is 2. The zero-order chi connectivity index (χ0) is 30.1. The lowest BCUT2D eigenvalue weighted by Crippen LogP contribution is -2.40. The molecule has 1 aliphatic heterocycles. The minimum atomic E-state index is -3.36. The van der Waals surface area contributed by atoms with Crippen molar-refractivity contribution in [2.24, 2.45) is 5.73 Å². The van der Waals surface area contributed by atoms with Gasteiger partial charge < -0.3 is 25.1 Å². The maximum Gasteiger partial charge on any atom is 0.387 e. The van der Waals surface area contributed by atoms with Crippen molar-refractivity contribution >= 4 is 11.7 Å². The molecule has 218 valence electrons. The Morgan fingerprint density at radius 3 is 2.32 bits per heavy atom. The normalized spacial score (nSPS) is 17.6. The molecule has 3 aromatic rings. The summed E-state index contributed by atoms with van der Waals surface area (Å²) in [6.07, 6.45) is -0.556. The van der Waals surface area contributed by atoms with E-state index in [0.717, 1.165) is 18.2 Å². The van der Waals surface area contributed by atoms with Crippen molar-refractivity contribution in [1.29, 1.82) is 0 Å². The Bertz CT molecular complexity index is 1470. The van der Waals surface area contributed by atoms with Gasteiger partial charge in [-0.3, -0.25) is 9.59 Å². The maximum absolute atomic E-state index is 13.6. The van der Waals surface area contributed by atoms with Crippen molar-refractivity contribution in [2.75, 3.05) is 6.61 Å². The predicted molar refractivity (Wildman–Crippen MR) is 135 cm³/mol. The highest BCUT2D eigenvalue weighted by atomic mass is 19.3. The number of hydrogen-bond donors (Lipinski definition) is 2. The van der Waals surface area contributed by atoms with E-state index in [1.54, 1.807) is 6.92 Å². The third-order valence-corrected chi connectivity index (χ3v) is 6.82. The SMILES string of the molecule is C[C@](O)(CCC(=O)c1ccc(OC(F)F)c(OC(F)F)c1)c1cc2c(c(-c3ccc(F)cc3)n1)OC[C@]2(C)C(N)=O. The summed E-state index contributed by atoms with van der Waals surface area (Å²) in [6.45, 7) is -3.82. The van der Waals surface area contributed by atoms with Crippen LogP contribution in [0.4, 0.5) is 22.0 Å². The van der Waals surface area contributed by atoms with E-state index in [0.29, 0.717) is 11.1 Å². The summed E-state index contributed by atoms with van der Waals surface area (Å²) in [5, 5.41) is 11.4. The van der Waals surface area contributed by atoms with Crippen LogP contribution < -0.4 is 19.9 Å². The summed E-state index contributed by atoms with van der Waals surface area (Å²) in [7, 11) is 0. The molecule has 0 fully saturated rings. The number of nitrogens with zero attached hydrogens (tertiary/aromatic N) is 1. The highest BCUT2D eigenvalue weighted by molar-refractivity contribution is 5.96. The lowest BCUT2D eigenvalue weighted by atomic mass is 9.81. The number of aliphatic hydroxyl groups is 1. The smallest absolute Gasteiger partial charge is 0.387 e. The van der Waals surface area contributed by atoms with Crippen LogP contribution in [-0.4, -0.2) is 41.6 Å². The van der Waals surface area contributed by atoms with E-state index in [1.807, 2.05) is 0 Å². The molecule has 4 rings (SSSR count). The van der Waals surface area contributed by atoms with E-state index in [4.69, 9.17) is 10.5 Å². The van der Waals surface area contributed by atoms with Crippen LogP contribution in [0.5, 0.6) is 17.2 Å². The van der Waals surface area contributed by atoms with Crippen LogP contribution in [-0.2, 0) is 15.8 Å². The molecule has 3 N–H and O–H groups in total. The van der Waals surface area contributed by atoms with Gasteiger partial charge in [0.2, 0.25) is 5.91 Å². The molecule has 0 aliphatic carbocycles. The van der Waals surface area contributed by atoms with Gasteiger partial charge in [0.25, 0.3) is 0 Å². The van der Waals surface area contributed by atoms with Crippen LogP contribution in [0.15, 0.2) is 48.5 Å². The van der Waals surface area contributed by atoms with Gasteiger partial charge in [-0.1, -0.05) is 0 Å². The van der Waals surface area contributed by atoms with E-state index < -0.39 is 53.2 Å². The topological polar surface area (TPSA) is 121 Å². The number of primary amides is 1. The first-order valence-corrected chi connectivity index (χ1v) is 12.2. The molecule has 8 nitrogen and oxygen atoms in total. The standard InChI is InChI=1S/C28H25F5N2O6/c1-27(24(34)37)13-39-23-17(27)12-21(35-22(23)14-3-6-16(29)7-4-14)28(2,38)10-9-18(36)15-5-8-19(40-25(30)31)20(11-15)41-26(32)33/h3-8,11-12,25-26,38H,9-10,13H2,1-2H3,(H2,34,37)/t27-,28-/m0/s1. The Hall–Kier alpha value is -4.26. The number of carbonyl (C=O) groups excluding carboxylic acids is 2. The van der Waals surface area contributed by atoms with Gasteiger partial charge in [0.05, 0.1) is 5.69 Å². The molecule has 0 radical (unpaired) electrons. The molecule has 1 amide bonds. The zero-order valence-electron chi connectivity index (χ0n) is 21.8. The number of aromatic nitrogens is 1. The second-order valence-corrected chi connectivity index (χ2v) is 9.84. The number of ketones is 1. The molecule has 1 aromatic heterocycles. The van der Waals surface area contributed by atoms with Gasteiger partial charge in [-0.25, -0.2) is 9.37 Å². The highest BCUT2D eigenvalue weighted by Crippen LogP contribution is 2.46. The molecule has 0 bridgehead atoms. The molecule has 0 unspecified atom stereocenters. The summed E-state index contributed by atoms with van der Waals surface area (Å²) in [5.41, 5.74) is 3.52. The number of Topliss-reactive ketones (excluding diaryl/α,β-unsaturated/α-hetero) is 1. The molecule has 0 saturated heterocycles. The van der Waals surface area contributed by atoms with Gasteiger partial charge >= 0.3 is 13.2 Å². The Morgan fingerprint density at radius 2 is 1.71 bits per heavy atom. The summed E-state index contributed by atoms with van der Waals surface area (Å²) in [6, 6.07) is 9.61. The van der Waals surface area contributed by atoms with Crippen LogP contribution in [0.1, 0.15) is 48.3 Å². The first kappa shape index (κ1) is 29.7. The molecular formula is C28H25F5N2O6. The minimum Gasteiger partial charge on any atom is -0.489 e. The van der Waals surface area contributed by atoms with Crippen molar-refractivity contribution in [3.63, 3.8) is 0 Å². The van der Waals surface area contributed by atoms with Gasteiger partial charge in [0.1, 0.15) is 34.9 Å². The van der Waals surface area contributed by atoms with Crippen molar-refractivity contribution < 1.29 is 50.9 Å². The molecule has 0 spiro atoms. The lowest BCUT2D eigenvalue weighted by Gasteiger charge is -2.26. The Kier molecular flexibility index (Phi) is 8.20. The number of ether oxygens (including phenoxy) is 3. The maximum atomic E-state index is 13.6. The van der Waals surface area contributed by atoms with E-state index in [9.17, 15) is 36.6 Å². The van der Waals surface area contributed by atoms with Crippen LogP contribution in [0.25, 0.3) is 11.3 Å². The van der Waals surface area contributed by atoms with Crippen molar-refractivity contribution in [3.8, 4) is 28.5 Å². The Morgan fingerprint density at radius 1 is 1.07 bits per heavy atom. The fourth-order valence-corrected chi connectivity index (χ4v) is 4.36. The Labute approximate surface area is 230 Å². The van der Waals surface area contributed by atoms with Crippen LogP contribution >= 0.6 is 0 Å². The van der Waals surface area contributed by atoms with Crippen LogP contribution in [0.3, 0.4) is 0 Å². The molecule has 2 heterocycles. The van der Waals surface area contributed by atoms with Crippen molar-refractivity contribution in [1.82, 2.24) is 4.98 Å². The molecule has 1 aliphatic rings. The summed E-state index contributed by atoms with van der Waals surface area (Å²) < 4.78 is 78.6. The summed E-state index contributed by atoms with van der Waals surface area (Å²) >= 11 is 0. The number of hydrogen-bond acceptors (Lipinski definition) is 7. The van der Waals surface area contributed by atoms with Gasteiger partial charge in [0.15, 0.2) is 17.3 Å². The number of nitrogens with two attached hydrogens (primary N) is 1. The number of amides is 1. The average Bonchev–Trinajstić information content (AvgIpc) is 3.26. The van der Waals surface area contributed by atoms with Gasteiger partial charge in [0, 0.05) is 23.1 Å². The van der Waals surface area contributed by atoms with E-state index in [-0.39, 0.29) is 42.1 Å². The van der Waals surface area contributed by atoms with Crippen LogP contribution in [0, 0.1) is 5.82 Å². The number of halogens is 5. The number of carbonyl (C=O) groups is 2. The second kappa shape index (κ2) is 11.3. The second-order valence-electron chi connectivity index (χ2n) is 9.84. The van der Waals surface area contributed by atoms with Gasteiger partial charge in [-0.05, 0) is 68.8 Å². The number of fused-ring (bicyclic) bond motifs is 1. The summed E-state index contributed by atoms with van der Waals surface area (Å²) in [4.78, 5) is 29.8. The predicted octanol–water partition coefficient (Wildman–Crippen LogP) is 5.10. The van der Waals surface area contributed by atoms with Crippen molar-refractivity contribution in [2.45, 2.75) is 50.9 Å². The first-order valence-electron chi connectivity index (χ1n) is 12.2. The number of pyridine rings is 1. The fourth-order valence-electron chi connectivity index (χ4n) is 4.36.